The van der Waals surface area contributed by atoms with Crippen LogP contribution in [0, 0.1) is 0 Å². The fourth-order valence-electron chi connectivity index (χ4n) is 4.76. The Hall–Kier alpha value is -2.13. The van der Waals surface area contributed by atoms with E-state index in [2.05, 4.69) is 5.32 Å². The second kappa shape index (κ2) is 9.16. The fourth-order valence-corrected chi connectivity index (χ4v) is 6.48. The van der Waals surface area contributed by atoms with Crippen LogP contribution in [0.4, 0.5) is 0 Å². The minimum Gasteiger partial charge on any atom is -0.408 e. The Morgan fingerprint density at radius 1 is 1.10 bits per heavy atom. The molecule has 1 saturated heterocycles. The zero-order chi connectivity index (χ0) is 22.0. The second-order valence-corrected chi connectivity index (χ2v) is 10.7. The summed E-state index contributed by atoms with van der Waals surface area (Å²) >= 11 is 0. The Labute approximate surface area is 182 Å². The number of nitrogens with one attached hydrogen (secondary N) is 1. The number of rotatable bonds is 5. The van der Waals surface area contributed by atoms with Crippen molar-refractivity contribution in [2.75, 3.05) is 6.54 Å². The summed E-state index contributed by atoms with van der Waals surface area (Å²) in [7, 11) is -3.67. The van der Waals surface area contributed by atoms with Crippen molar-refractivity contribution < 1.29 is 17.6 Å². The molecule has 4 rings (SSSR count). The molecule has 0 spiro atoms. The molecule has 0 radical (unpaired) electrons. The van der Waals surface area contributed by atoms with Crippen molar-refractivity contribution in [3.05, 3.63) is 28.7 Å². The van der Waals surface area contributed by atoms with E-state index < -0.39 is 15.8 Å². The molecule has 170 valence electrons. The lowest BCUT2D eigenvalue weighted by Gasteiger charge is -2.32. The van der Waals surface area contributed by atoms with E-state index >= 15 is 0 Å². The van der Waals surface area contributed by atoms with Crippen molar-refractivity contribution in [1.29, 1.82) is 0 Å². The van der Waals surface area contributed by atoms with Gasteiger partial charge in [-0.2, -0.15) is 4.31 Å². The van der Waals surface area contributed by atoms with Gasteiger partial charge in [-0.1, -0.05) is 32.1 Å². The van der Waals surface area contributed by atoms with Crippen LogP contribution in [0.3, 0.4) is 0 Å². The summed E-state index contributed by atoms with van der Waals surface area (Å²) in [4.78, 5) is 25.0. The number of oxazole rings is 1. The number of nitrogens with zero attached hydrogens (tertiary/aromatic N) is 2. The van der Waals surface area contributed by atoms with Crippen LogP contribution in [0.25, 0.3) is 11.1 Å². The van der Waals surface area contributed by atoms with Crippen LogP contribution in [0.15, 0.2) is 32.3 Å². The molecule has 1 aliphatic carbocycles. The van der Waals surface area contributed by atoms with Gasteiger partial charge in [0.25, 0.3) is 0 Å². The Bertz CT molecular complexity index is 1100. The third-order valence-corrected chi connectivity index (χ3v) is 8.52. The van der Waals surface area contributed by atoms with E-state index in [9.17, 15) is 18.0 Å². The monoisotopic (exact) mass is 449 g/mol. The molecule has 1 aromatic carbocycles. The van der Waals surface area contributed by atoms with E-state index in [4.69, 9.17) is 4.42 Å². The van der Waals surface area contributed by atoms with Crippen LogP contribution < -0.4 is 11.1 Å². The number of carbonyl (C=O) groups excluding carboxylic acids is 1. The quantitative estimate of drug-likeness (QED) is 0.707. The average molecular weight is 450 g/mol. The van der Waals surface area contributed by atoms with E-state index in [1.807, 2.05) is 6.92 Å². The highest BCUT2D eigenvalue weighted by Gasteiger charge is 2.31. The standard InChI is InChI=1S/C22H31N3O5S/c1-16-8-6-7-13-25(16)31(28,29)18-11-12-19-20(14-18)30-22(27)24(19)15-21(26)23-17-9-4-2-3-5-10-17/h11-12,14,16-17H,2-10,13,15H2,1H3,(H,23,26)/t16-/m0/s1. The van der Waals surface area contributed by atoms with Crippen LogP contribution >= 0.6 is 0 Å². The molecular weight excluding hydrogens is 418 g/mol. The molecule has 1 atom stereocenters. The van der Waals surface area contributed by atoms with Gasteiger partial charge in [0.1, 0.15) is 6.54 Å². The van der Waals surface area contributed by atoms with Gasteiger partial charge in [-0.15, -0.1) is 0 Å². The van der Waals surface area contributed by atoms with Gasteiger partial charge in [-0.25, -0.2) is 13.2 Å². The number of piperidine rings is 1. The zero-order valence-electron chi connectivity index (χ0n) is 18.0. The van der Waals surface area contributed by atoms with Crippen molar-refractivity contribution in [3.8, 4) is 0 Å². The number of hydrogen-bond donors (Lipinski definition) is 1. The second-order valence-electron chi connectivity index (χ2n) is 8.80. The summed E-state index contributed by atoms with van der Waals surface area (Å²) < 4.78 is 34.3. The van der Waals surface area contributed by atoms with E-state index in [-0.39, 0.29) is 35.0 Å². The van der Waals surface area contributed by atoms with Gasteiger partial charge in [-0.3, -0.25) is 9.36 Å². The maximum absolute atomic E-state index is 13.1. The Morgan fingerprint density at radius 3 is 2.52 bits per heavy atom. The van der Waals surface area contributed by atoms with Crippen LogP contribution in [0.1, 0.15) is 64.7 Å². The first kappa shape index (κ1) is 22.1. The van der Waals surface area contributed by atoms with Gasteiger partial charge < -0.3 is 9.73 Å². The summed E-state index contributed by atoms with van der Waals surface area (Å²) in [6, 6.07) is 4.53. The molecule has 0 unspecified atom stereocenters. The third kappa shape index (κ3) is 4.72. The SMILES string of the molecule is C[C@H]1CCCCN1S(=O)(=O)c1ccc2c(c1)oc(=O)n2CC(=O)NC1CCCCCC1. The molecule has 9 heteroatoms. The number of benzene rings is 1. The zero-order valence-corrected chi connectivity index (χ0v) is 18.8. The molecule has 1 aromatic heterocycles. The first-order valence-electron chi connectivity index (χ1n) is 11.3. The Balaban J connectivity index is 1.54. The molecule has 2 aliphatic rings. The highest BCUT2D eigenvalue weighted by Crippen LogP contribution is 2.27. The van der Waals surface area contributed by atoms with Gasteiger partial charge in [0.05, 0.1) is 10.4 Å². The highest BCUT2D eigenvalue weighted by molar-refractivity contribution is 7.89. The average Bonchev–Trinajstić information content (AvgIpc) is 2.89. The molecule has 1 amide bonds. The largest absolute Gasteiger partial charge is 0.420 e. The van der Waals surface area contributed by atoms with Crippen LogP contribution in [-0.4, -0.2) is 41.8 Å². The van der Waals surface area contributed by atoms with Crippen LogP contribution in [0.5, 0.6) is 0 Å². The molecule has 1 saturated carbocycles. The van der Waals surface area contributed by atoms with Crippen molar-refractivity contribution >= 4 is 27.0 Å². The normalized spacial score (nSPS) is 21.8. The van der Waals surface area contributed by atoms with E-state index in [1.54, 1.807) is 6.07 Å². The summed E-state index contributed by atoms with van der Waals surface area (Å²) in [5.41, 5.74) is 0.602. The molecule has 8 nitrogen and oxygen atoms in total. The molecule has 1 aliphatic heterocycles. The van der Waals surface area contributed by atoms with Crippen molar-refractivity contribution in [1.82, 2.24) is 14.2 Å². The van der Waals surface area contributed by atoms with Gasteiger partial charge in [0.2, 0.25) is 15.9 Å². The topological polar surface area (TPSA) is 102 Å². The number of aromatic nitrogens is 1. The van der Waals surface area contributed by atoms with Gasteiger partial charge >= 0.3 is 5.76 Å². The maximum atomic E-state index is 13.1. The predicted octanol–water partition coefficient (Wildman–Crippen LogP) is 3.00. The molecule has 2 aromatic rings. The lowest BCUT2D eigenvalue weighted by atomic mass is 10.1. The van der Waals surface area contributed by atoms with Crippen molar-refractivity contribution in [2.24, 2.45) is 0 Å². The summed E-state index contributed by atoms with van der Waals surface area (Å²) in [5, 5.41) is 3.03. The number of sulfonamides is 1. The molecule has 0 bridgehead atoms. The molecule has 31 heavy (non-hydrogen) atoms. The van der Waals surface area contributed by atoms with Crippen molar-refractivity contribution in [2.45, 2.75) is 88.2 Å². The van der Waals surface area contributed by atoms with Crippen LogP contribution in [0.2, 0.25) is 0 Å². The van der Waals surface area contributed by atoms with Crippen LogP contribution in [-0.2, 0) is 21.4 Å². The molecular formula is C22H31N3O5S. The predicted molar refractivity (Wildman–Crippen MR) is 117 cm³/mol. The van der Waals surface area contributed by atoms with E-state index in [0.29, 0.717) is 12.1 Å². The third-order valence-electron chi connectivity index (χ3n) is 6.51. The number of amides is 1. The Kier molecular flexibility index (Phi) is 6.52. The molecule has 2 fully saturated rings. The van der Waals surface area contributed by atoms with Crippen molar-refractivity contribution in [3.63, 3.8) is 0 Å². The van der Waals surface area contributed by atoms with Gasteiger partial charge in [-0.05, 0) is 44.7 Å². The first-order valence-corrected chi connectivity index (χ1v) is 12.7. The minimum atomic E-state index is -3.67. The fraction of sp³-hybridized carbons (Fsp3) is 0.636. The number of fused-ring (bicyclic) bond motifs is 1. The lowest BCUT2D eigenvalue weighted by molar-refractivity contribution is -0.122. The number of hydrogen-bond acceptors (Lipinski definition) is 5. The maximum Gasteiger partial charge on any atom is 0.420 e. The summed E-state index contributed by atoms with van der Waals surface area (Å²) in [5.74, 6) is -0.887. The molecule has 1 N–H and O–H groups in total. The smallest absolute Gasteiger partial charge is 0.408 e. The highest BCUT2D eigenvalue weighted by atomic mass is 32.2. The van der Waals surface area contributed by atoms with E-state index in [0.717, 1.165) is 44.9 Å². The Morgan fingerprint density at radius 2 is 1.81 bits per heavy atom. The molecule has 2 heterocycles. The first-order chi connectivity index (χ1) is 14.9. The summed E-state index contributed by atoms with van der Waals surface area (Å²) in [6.07, 6.45) is 9.22. The number of carbonyl (C=O) groups is 1. The van der Waals surface area contributed by atoms with Gasteiger partial charge in [0, 0.05) is 24.7 Å². The summed E-state index contributed by atoms with van der Waals surface area (Å²) in [6.45, 7) is 2.27. The lowest BCUT2D eigenvalue weighted by Crippen LogP contribution is -2.41. The van der Waals surface area contributed by atoms with Gasteiger partial charge in [0.15, 0.2) is 5.58 Å². The minimum absolute atomic E-state index is 0.0567. The van der Waals surface area contributed by atoms with E-state index in [1.165, 1.54) is 33.8 Å².